The Hall–Kier alpha value is -2.91. The minimum atomic E-state index is -1.36. The van der Waals surface area contributed by atoms with Crippen molar-refractivity contribution in [2.24, 2.45) is 5.41 Å². The molecule has 0 fully saturated rings. The summed E-state index contributed by atoms with van der Waals surface area (Å²) >= 11 is 0. The fourth-order valence-corrected chi connectivity index (χ4v) is 3.12. The lowest BCUT2D eigenvalue weighted by Crippen LogP contribution is -2.46. The van der Waals surface area contributed by atoms with Gasteiger partial charge in [0.2, 0.25) is 11.8 Å². The van der Waals surface area contributed by atoms with Crippen molar-refractivity contribution in [3.05, 3.63) is 36.0 Å². The molecule has 2 rings (SSSR count). The van der Waals surface area contributed by atoms with Gasteiger partial charge >= 0.3 is 5.97 Å². The van der Waals surface area contributed by atoms with Gasteiger partial charge in [0.05, 0.1) is 13.7 Å². The Bertz CT molecular complexity index is 908. The van der Waals surface area contributed by atoms with Crippen LogP contribution in [0, 0.1) is 5.41 Å². The molecule has 1 aromatic heterocycles. The second-order valence-electron chi connectivity index (χ2n) is 8.15. The first-order valence-corrected chi connectivity index (χ1v) is 10.2. The van der Waals surface area contributed by atoms with E-state index in [1.807, 2.05) is 30.5 Å². The molecule has 2 unspecified atom stereocenters. The van der Waals surface area contributed by atoms with Crippen molar-refractivity contribution in [3.8, 4) is 0 Å². The number of methoxy groups -OCH3 is 1. The number of hydrogen-bond acceptors (Lipinski definition) is 6. The fourth-order valence-electron chi connectivity index (χ4n) is 3.12. The van der Waals surface area contributed by atoms with E-state index in [0.29, 0.717) is 6.42 Å². The number of aromatic nitrogens is 1. The van der Waals surface area contributed by atoms with Gasteiger partial charge in [0, 0.05) is 41.9 Å². The minimum Gasteiger partial charge on any atom is -0.467 e. The van der Waals surface area contributed by atoms with Gasteiger partial charge < -0.3 is 30.6 Å². The average molecular weight is 434 g/mol. The third-order valence-electron chi connectivity index (χ3n) is 5.20. The standard InChI is InChI=1S/C22H31N3O6/c1-22(2,13-26)19(28)20(29)23-10-6-9-18(27)25-17(21(30)31-3)11-14-12-24-16-8-5-4-7-15(14)16/h4-5,7-8,12,17,19,24,26,28H,6,9-11,13H2,1-3H3,(H,23,29)(H,25,27). The predicted octanol–water partition coefficient (Wildman–Crippen LogP) is 0.644. The van der Waals surface area contributed by atoms with Crippen LogP contribution in [0.3, 0.4) is 0 Å². The molecule has 1 heterocycles. The Morgan fingerprint density at radius 1 is 1.23 bits per heavy atom. The van der Waals surface area contributed by atoms with E-state index in [4.69, 9.17) is 4.74 Å². The highest BCUT2D eigenvalue weighted by atomic mass is 16.5. The Balaban J connectivity index is 1.86. The molecule has 31 heavy (non-hydrogen) atoms. The lowest BCUT2D eigenvalue weighted by molar-refractivity contribution is -0.145. The van der Waals surface area contributed by atoms with Crippen LogP contribution in [0.15, 0.2) is 30.5 Å². The van der Waals surface area contributed by atoms with E-state index in [2.05, 4.69) is 15.6 Å². The van der Waals surface area contributed by atoms with Crippen molar-refractivity contribution in [2.75, 3.05) is 20.3 Å². The number of ether oxygens (including phenoxy) is 1. The number of para-hydroxylation sites is 1. The number of hydrogen-bond donors (Lipinski definition) is 5. The van der Waals surface area contributed by atoms with Crippen LogP contribution in [0.4, 0.5) is 0 Å². The van der Waals surface area contributed by atoms with Crippen molar-refractivity contribution in [1.29, 1.82) is 0 Å². The lowest BCUT2D eigenvalue weighted by atomic mass is 9.87. The molecule has 0 bridgehead atoms. The Kier molecular flexibility index (Phi) is 8.58. The topological polar surface area (TPSA) is 141 Å². The van der Waals surface area contributed by atoms with E-state index in [9.17, 15) is 24.6 Å². The maximum atomic E-state index is 12.3. The van der Waals surface area contributed by atoms with Gasteiger partial charge in [-0.15, -0.1) is 0 Å². The first kappa shape index (κ1) is 24.4. The Morgan fingerprint density at radius 3 is 2.61 bits per heavy atom. The molecule has 170 valence electrons. The first-order valence-electron chi connectivity index (χ1n) is 10.2. The van der Waals surface area contributed by atoms with Crippen LogP contribution in [0.1, 0.15) is 32.3 Å². The third-order valence-corrected chi connectivity index (χ3v) is 5.20. The number of benzene rings is 1. The predicted molar refractivity (Wildman–Crippen MR) is 115 cm³/mol. The monoisotopic (exact) mass is 433 g/mol. The number of aromatic amines is 1. The molecule has 0 aliphatic carbocycles. The number of H-pyrrole nitrogens is 1. The lowest BCUT2D eigenvalue weighted by Gasteiger charge is -2.27. The van der Waals surface area contributed by atoms with E-state index in [1.165, 1.54) is 7.11 Å². The Labute approximate surface area is 181 Å². The molecule has 2 aromatic rings. The summed E-state index contributed by atoms with van der Waals surface area (Å²) in [6.07, 6.45) is 1.14. The average Bonchev–Trinajstić information content (AvgIpc) is 3.17. The van der Waals surface area contributed by atoms with E-state index in [1.54, 1.807) is 13.8 Å². The maximum absolute atomic E-state index is 12.3. The van der Waals surface area contributed by atoms with Gasteiger partial charge in [-0.1, -0.05) is 32.0 Å². The van der Waals surface area contributed by atoms with Gasteiger partial charge in [-0.2, -0.15) is 0 Å². The van der Waals surface area contributed by atoms with E-state index >= 15 is 0 Å². The van der Waals surface area contributed by atoms with Crippen LogP contribution < -0.4 is 10.6 Å². The number of fused-ring (bicyclic) bond motifs is 1. The highest BCUT2D eigenvalue weighted by molar-refractivity contribution is 5.87. The van der Waals surface area contributed by atoms with Crippen LogP contribution in [-0.4, -0.2) is 65.4 Å². The van der Waals surface area contributed by atoms with Gasteiger partial charge in [-0.05, 0) is 18.1 Å². The molecular formula is C22H31N3O6. The number of carbonyl (C=O) groups is 3. The summed E-state index contributed by atoms with van der Waals surface area (Å²) in [4.78, 5) is 39.6. The van der Waals surface area contributed by atoms with E-state index < -0.39 is 29.4 Å². The second-order valence-corrected chi connectivity index (χ2v) is 8.15. The molecule has 0 aliphatic rings. The zero-order valence-corrected chi connectivity index (χ0v) is 18.1. The van der Waals surface area contributed by atoms with Crippen LogP contribution in [0.25, 0.3) is 10.9 Å². The first-order chi connectivity index (χ1) is 14.7. The van der Waals surface area contributed by atoms with Crippen LogP contribution >= 0.6 is 0 Å². The van der Waals surface area contributed by atoms with Gasteiger partial charge in [0.1, 0.15) is 12.1 Å². The summed E-state index contributed by atoms with van der Waals surface area (Å²) < 4.78 is 4.83. The Morgan fingerprint density at radius 2 is 1.94 bits per heavy atom. The van der Waals surface area contributed by atoms with E-state index in [0.717, 1.165) is 16.5 Å². The molecule has 9 heteroatoms. The molecular weight excluding hydrogens is 402 g/mol. The van der Waals surface area contributed by atoms with Crippen LogP contribution in [0.2, 0.25) is 0 Å². The zero-order valence-electron chi connectivity index (χ0n) is 18.1. The molecule has 9 nitrogen and oxygen atoms in total. The highest BCUT2D eigenvalue weighted by Gasteiger charge is 2.32. The van der Waals surface area contributed by atoms with Crippen LogP contribution in [-0.2, 0) is 25.5 Å². The molecule has 0 spiro atoms. The summed E-state index contributed by atoms with van der Waals surface area (Å²) in [5, 5.41) is 25.4. The number of nitrogens with one attached hydrogen (secondary N) is 3. The molecule has 0 saturated carbocycles. The van der Waals surface area contributed by atoms with Crippen LogP contribution in [0.5, 0.6) is 0 Å². The number of rotatable bonds is 11. The summed E-state index contributed by atoms with van der Waals surface area (Å²) in [5.41, 5.74) is 0.867. The SMILES string of the molecule is COC(=O)C(Cc1c[nH]c2ccccc12)NC(=O)CCCNC(=O)C(O)C(C)(C)CO. The molecule has 2 atom stereocenters. The fraction of sp³-hybridized carbons (Fsp3) is 0.500. The molecule has 0 saturated heterocycles. The number of aliphatic hydroxyl groups is 2. The van der Waals surface area contributed by atoms with Crippen molar-refractivity contribution in [2.45, 2.75) is 45.3 Å². The van der Waals surface area contributed by atoms with Gasteiger partial charge in [0.25, 0.3) is 0 Å². The normalized spacial score (nSPS) is 13.5. The number of aliphatic hydroxyl groups excluding tert-OH is 2. The number of carbonyl (C=O) groups excluding carboxylic acids is 3. The van der Waals surface area contributed by atoms with Gasteiger partial charge in [-0.25, -0.2) is 4.79 Å². The highest BCUT2D eigenvalue weighted by Crippen LogP contribution is 2.20. The van der Waals surface area contributed by atoms with E-state index in [-0.39, 0.29) is 31.9 Å². The largest absolute Gasteiger partial charge is 0.467 e. The minimum absolute atomic E-state index is 0.0845. The summed E-state index contributed by atoms with van der Waals surface area (Å²) in [6, 6.07) is 6.84. The molecule has 2 amide bonds. The van der Waals surface area contributed by atoms with Crippen molar-refractivity contribution in [1.82, 2.24) is 15.6 Å². The van der Waals surface area contributed by atoms with Crippen molar-refractivity contribution < 1.29 is 29.3 Å². The maximum Gasteiger partial charge on any atom is 0.328 e. The molecule has 1 aromatic carbocycles. The summed E-state index contributed by atoms with van der Waals surface area (Å²) in [5.74, 6) is -1.49. The van der Waals surface area contributed by atoms with Gasteiger partial charge in [-0.3, -0.25) is 9.59 Å². The number of esters is 1. The molecule has 5 N–H and O–H groups in total. The van der Waals surface area contributed by atoms with Crippen molar-refractivity contribution >= 4 is 28.7 Å². The zero-order chi connectivity index (χ0) is 23.0. The smallest absolute Gasteiger partial charge is 0.328 e. The summed E-state index contributed by atoms with van der Waals surface area (Å²) in [7, 11) is 1.27. The second kappa shape index (κ2) is 10.9. The third kappa shape index (κ3) is 6.53. The molecule has 0 radical (unpaired) electrons. The van der Waals surface area contributed by atoms with Gasteiger partial charge in [0.15, 0.2) is 0 Å². The van der Waals surface area contributed by atoms with Crippen molar-refractivity contribution in [3.63, 3.8) is 0 Å². The quantitative estimate of drug-likeness (QED) is 0.260. The molecule has 0 aliphatic heterocycles. The number of amides is 2. The summed E-state index contributed by atoms with van der Waals surface area (Å²) in [6.45, 7) is 2.99.